The van der Waals surface area contributed by atoms with Crippen molar-refractivity contribution in [2.45, 2.75) is 6.54 Å². The second-order valence-electron chi connectivity index (χ2n) is 4.20. The van der Waals surface area contributed by atoms with Crippen molar-refractivity contribution in [3.05, 3.63) is 66.1 Å². The molecule has 19 heavy (non-hydrogen) atoms. The van der Waals surface area contributed by atoms with Crippen LogP contribution < -0.4 is 5.32 Å². The summed E-state index contributed by atoms with van der Waals surface area (Å²) in [5, 5.41) is 2.87. The summed E-state index contributed by atoms with van der Waals surface area (Å²) in [6, 6.07) is 15.0. The molecule has 4 nitrogen and oxygen atoms in total. The number of nitrogens with one attached hydrogen (secondary N) is 1. The average Bonchev–Trinajstić information content (AvgIpc) is 2.93. The number of aromatic nitrogens is 1. The molecular weight excluding hydrogens is 240 g/mol. The first-order valence-corrected chi connectivity index (χ1v) is 5.98. The van der Waals surface area contributed by atoms with Crippen LogP contribution in [-0.4, -0.2) is 10.9 Å². The number of nitrogens with zero attached hydrogens (tertiary/aromatic N) is 1. The van der Waals surface area contributed by atoms with E-state index < -0.39 is 0 Å². The molecule has 0 aliphatic heterocycles. The topological polar surface area (TPSA) is 55.1 Å². The van der Waals surface area contributed by atoms with Crippen molar-refractivity contribution in [2.24, 2.45) is 0 Å². The van der Waals surface area contributed by atoms with E-state index in [2.05, 4.69) is 10.3 Å². The summed E-state index contributed by atoms with van der Waals surface area (Å²) in [5.41, 5.74) is 3.00. The van der Waals surface area contributed by atoms with Crippen molar-refractivity contribution in [1.29, 1.82) is 0 Å². The minimum Gasteiger partial charge on any atom is -0.443 e. The summed E-state index contributed by atoms with van der Waals surface area (Å²) < 4.78 is 5.18. The minimum absolute atomic E-state index is 0.123. The van der Waals surface area contributed by atoms with E-state index in [-0.39, 0.29) is 5.91 Å². The fourth-order valence-corrected chi connectivity index (χ4v) is 1.88. The van der Waals surface area contributed by atoms with Gasteiger partial charge in [-0.1, -0.05) is 30.3 Å². The second kappa shape index (κ2) is 4.94. The highest BCUT2D eigenvalue weighted by atomic mass is 16.3. The summed E-state index contributed by atoms with van der Waals surface area (Å²) in [6.07, 6.45) is 1.37. The van der Waals surface area contributed by atoms with E-state index in [1.807, 2.05) is 30.3 Å². The molecule has 0 bridgehead atoms. The van der Waals surface area contributed by atoms with Gasteiger partial charge in [0.15, 0.2) is 12.0 Å². The van der Waals surface area contributed by atoms with Crippen LogP contribution in [0, 0.1) is 0 Å². The first-order valence-electron chi connectivity index (χ1n) is 5.98. The Morgan fingerprint density at radius 1 is 1.16 bits per heavy atom. The lowest BCUT2D eigenvalue weighted by atomic mass is 10.2. The minimum atomic E-state index is -0.123. The van der Waals surface area contributed by atoms with Crippen molar-refractivity contribution in [3.8, 4) is 0 Å². The molecule has 2 aromatic carbocycles. The summed E-state index contributed by atoms with van der Waals surface area (Å²) in [7, 11) is 0. The molecule has 1 N–H and O–H groups in total. The third kappa shape index (κ3) is 2.47. The van der Waals surface area contributed by atoms with Crippen LogP contribution in [0.2, 0.25) is 0 Å². The van der Waals surface area contributed by atoms with Gasteiger partial charge in [0.1, 0.15) is 5.52 Å². The Labute approximate surface area is 110 Å². The number of hydrogen-bond donors (Lipinski definition) is 1. The number of rotatable bonds is 3. The van der Waals surface area contributed by atoms with Gasteiger partial charge < -0.3 is 9.73 Å². The Morgan fingerprint density at radius 3 is 2.84 bits per heavy atom. The zero-order chi connectivity index (χ0) is 13.1. The zero-order valence-corrected chi connectivity index (χ0v) is 10.2. The van der Waals surface area contributed by atoms with Gasteiger partial charge in [-0.25, -0.2) is 4.98 Å². The quantitative estimate of drug-likeness (QED) is 0.779. The second-order valence-corrected chi connectivity index (χ2v) is 4.20. The molecule has 0 spiro atoms. The van der Waals surface area contributed by atoms with Gasteiger partial charge in [0.25, 0.3) is 5.91 Å². The maximum absolute atomic E-state index is 12.0. The number of oxazole rings is 1. The standard InChI is InChI=1S/C15H12N2O2/c18-15(16-9-11-4-2-1-3-5-11)12-6-7-13-14(8-12)19-10-17-13/h1-8,10H,9H2,(H,16,18). The summed E-state index contributed by atoms with van der Waals surface area (Å²) in [4.78, 5) is 16.0. The Hall–Kier alpha value is -2.62. The fourth-order valence-electron chi connectivity index (χ4n) is 1.88. The lowest BCUT2D eigenvalue weighted by Gasteiger charge is -2.05. The Kier molecular flexibility index (Phi) is 2.98. The van der Waals surface area contributed by atoms with Crippen LogP contribution in [0.1, 0.15) is 15.9 Å². The van der Waals surface area contributed by atoms with Crippen molar-refractivity contribution < 1.29 is 9.21 Å². The molecule has 94 valence electrons. The number of hydrogen-bond acceptors (Lipinski definition) is 3. The van der Waals surface area contributed by atoms with E-state index in [0.29, 0.717) is 17.7 Å². The van der Waals surface area contributed by atoms with Gasteiger partial charge in [-0.15, -0.1) is 0 Å². The monoisotopic (exact) mass is 252 g/mol. The van der Waals surface area contributed by atoms with E-state index in [1.165, 1.54) is 6.39 Å². The summed E-state index contributed by atoms with van der Waals surface area (Å²) in [5.74, 6) is -0.123. The van der Waals surface area contributed by atoms with Gasteiger partial charge in [-0.3, -0.25) is 4.79 Å². The first-order chi connectivity index (χ1) is 9.33. The van der Waals surface area contributed by atoms with Gasteiger partial charge in [0.05, 0.1) is 0 Å². The number of amides is 1. The molecule has 4 heteroatoms. The molecule has 0 aliphatic rings. The fraction of sp³-hybridized carbons (Fsp3) is 0.0667. The van der Waals surface area contributed by atoms with Crippen LogP contribution in [0.4, 0.5) is 0 Å². The van der Waals surface area contributed by atoms with Gasteiger partial charge in [-0.2, -0.15) is 0 Å². The van der Waals surface area contributed by atoms with E-state index in [1.54, 1.807) is 18.2 Å². The molecule has 1 heterocycles. The molecule has 1 amide bonds. The molecule has 0 atom stereocenters. The van der Waals surface area contributed by atoms with E-state index >= 15 is 0 Å². The predicted molar refractivity (Wildman–Crippen MR) is 71.6 cm³/mol. The molecule has 0 aliphatic carbocycles. The van der Waals surface area contributed by atoms with Crippen molar-refractivity contribution in [1.82, 2.24) is 10.3 Å². The third-order valence-electron chi connectivity index (χ3n) is 2.89. The zero-order valence-electron chi connectivity index (χ0n) is 10.2. The molecule has 0 saturated carbocycles. The lowest BCUT2D eigenvalue weighted by molar-refractivity contribution is 0.0951. The number of carbonyl (C=O) groups is 1. The largest absolute Gasteiger partial charge is 0.443 e. The van der Waals surface area contributed by atoms with Gasteiger partial charge >= 0.3 is 0 Å². The molecular formula is C15H12N2O2. The molecule has 0 unspecified atom stereocenters. The number of carbonyl (C=O) groups excluding carboxylic acids is 1. The predicted octanol–water partition coefficient (Wildman–Crippen LogP) is 2.76. The normalized spacial score (nSPS) is 10.5. The van der Waals surface area contributed by atoms with E-state index in [9.17, 15) is 4.79 Å². The van der Waals surface area contributed by atoms with Crippen LogP contribution >= 0.6 is 0 Å². The van der Waals surface area contributed by atoms with Gasteiger partial charge in [0, 0.05) is 12.1 Å². The Bertz CT molecular complexity index is 704. The molecule has 3 aromatic rings. The molecule has 0 saturated heterocycles. The SMILES string of the molecule is O=C(NCc1ccccc1)c1ccc2ncoc2c1. The van der Waals surface area contributed by atoms with Crippen LogP contribution in [0.3, 0.4) is 0 Å². The summed E-state index contributed by atoms with van der Waals surface area (Å²) in [6.45, 7) is 0.508. The first kappa shape index (κ1) is 11.5. The van der Waals surface area contributed by atoms with Crippen molar-refractivity contribution in [2.75, 3.05) is 0 Å². The average molecular weight is 252 g/mol. The van der Waals surface area contributed by atoms with Crippen molar-refractivity contribution >= 4 is 17.0 Å². The smallest absolute Gasteiger partial charge is 0.251 e. The Morgan fingerprint density at radius 2 is 2.00 bits per heavy atom. The molecule has 0 radical (unpaired) electrons. The highest BCUT2D eigenvalue weighted by Crippen LogP contribution is 2.14. The lowest BCUT2D eigenvalue weighted by Crippen LogP contribution is -2.22. The van der Waals surface area contributed by atoms with Crippen LogP contribution in [0.25, 0.3) is 11.1 Å². The molecule has 1 aromatic heterocycles. The maximum Gasteiger partial charge on any atom is 0.251 e. The molecule has 3 rings (SSSR count). The van der Waals surface area contributed by atoms with Crippen LogP contribution in [0.15, 0.2) is 59.3 Å². The van der Waals surface area contributed by atoms with E-state index in [0.717, 1.165) is 11.1 Å². The Balaban J connectivity index is 1.73. The van der Waals surface area contributed by atoms with Gasteiger partial charge in [-0.05, 0) is 23.8 Å². The third-order valence-corrected chi connectivity index (χ3v) is 2.89. The maximum atomic E-state index is 12.0. The highest BCUT2D eigenvalue weighted by molar-refractivity contribution is 5.96. The summed E-state index contributed by atoms with van der Waals surface area (Å²) >= 11 is 0. The number of fused-ring (bicyclic) bond motifs is 1. The van der Waals surface area contributed by atoms with Crippen LogP contribution in [0.5, 0.6) is 0 Å². The van der Waals surface area contributed by atoms with Crippen LogP contribution in [-0.2, 0) is 6.54 Å². The van der Waals surface area contributed by atoms with E-state index in [4.69, 9.17) is 4.42 Å². The van der Waals surface area contributed by atoms with Crippen molar-refractivity contribution in [3.63, 3.8) is 0 Å². The molecule has 0 fully saturated rings. The highest BCUT2D eigenvalue weighted by Gasteiger charge is 2.07. The number of benzene rings is 2. The van der Waals surface area contributed by atoms with Gasteiger partial charge in [0.2, 0.25) is 0 Å².